The molecule has 0 spiro atoms. The van der Waals surface area contributed by atoms with E-state index in [-0.39, 0.29) is 24.1 Å². The fraction of sp³-hybridized carbons (Fsp3) is 0.750. The molecule has 1 aromatic rings. The Hall–Kier alpha value is -1.81. The van der Waals surface area contributed by atoms with Crippen LogP contribution in [0.15, 0.2) is 5.16 Å². The van der Waals surface area contributed by atoms with Crippen LogP contribution >= 0.6 is 11.8 Å². The molecular formula is C16H28N6O3S. The maximum atomic E-state index is 12.0. The van der Waals surface area contributed by atoms with Crippen LogP contribution in [-0.2, 0) is 20.9 Å². The summed E-state index contributed by atoms with van der Waals surface area (Å²) >= 11 is 1.34. The number of nitrogens with one attached hydrogen (secondary N) is 1. The second kappa shape index (κ2) is 9.77. The molecular weight excluding hydrogens is 356 g/mol. The Labute approximate surface area is 158 Å². The number of hydrogen-bond donors (Lipinski definition) is 1. The lowest BCUT2D eigenvalue weighted by atomic mass is 10.2. The van der Waals surface area contributed by atoms with Crippen LogP contribution in [0.2, 0.25) is 0 Å². The molecule has 0 aliphatic carbocycles. The van der Waals surface area contributed by atoms with Crippen LogP contribution < -0.4 is 10.2 Å². The molecule has 1 saturated heterocycles. The number of ether oxygens (including phenoxy) is 1. The number of hydrogen-bond acceptors (Lipinski definition) is 7. The highest BCUT2D eigenvalue weighted by molar-refractivity contribution is 7.99. The number of rotatable bonds is 8. The summed E-state index contributed by atoms with van der Waals surface area (Å²) in [5.41, 5.74) is 0. The van der Waals surface area contributed by atoms with Crippen LogP contribution in [0.1, 0.15) is 13.8 Å². The smallest absolute Gasteiger partial charge is 0.241 e. The second-order valence-corrected chi connectivity index (χ2v) is 7.68. The molecule has 1 fully saturated rings. The zero-order chi connectivity index (χ0) is 19.1. The van der Waals surface area contributed by atoms with Crippen LogP contribution in [-0.4, -0.2) is 84.2 Å². The number of carbonyl (C=O) groups excluding carboxylic acids is 2. The van der Waals surface area contributed by atoms with Gasteiger partial charge in [-0.25, -0.2) is 0 Å². The van der Waals surface area contributed by atoms with Crippen molar-refractivity contribution in [2.24, 2.45) is 5.92 Å². The van der Waals surface area contributed by atoms with Crippen molar-refractivity contribution in [3.05, 3.63) is 0 Å². The van der Waals surface area contributed by atoms with Gasteiger partial charge in [0.25, 0.3) is 0 Å². The first-order valence-electron chi connectivity index (χ1n) is 8.74. The molecule has 1 aliphatic rings. The maximum Gasteiger partial charge on any atom is 0.241 e. The molecule has 1 aromatic heterocycles. The minimum absolute atomic E-state index is 0.00407. The molecule has 1 N–H and O–H groups in total. The summed E-state index contributed by atoms with van der Waals surface area (Å²) in [5.74, 6) is 1.11. The SMILES string of the molecule is CC(C)Cn1c(SCC(=O)NCC(=O)N(C)C)nnc1N1CCOCC1. The molecule has 0 bridgehead atoms. The molecule has 0 atom stereocenters. The molecule has 0 aromatic carbocycles. The molecule has 2 rings (SSSR count). The van der Waals surface area contributed by atoms with Gasteiger partial charge in [-0.3, -0.25) is 14.2 Å². The molecule has 2 amide bonds. The summed E-state index contributed by atoms with van der Waals surface area (Å²) in [5, 5.41) is 12.0. The number of aromatic nitrogens is 3. The monoisotopic (exact) mass is 384 g/mol. The van der Waals surface area contributed by atoms with Gasteiger partial charge in [-0.2, -0.15) is 0 Å². The van der Waals surface area contributed by atoms with E-state index in [1.165, 1.54) is 16.7 Å². The van der Waals surface area contributed by atoms with Crippen LogP contribution in [0.4, 0.5) is 5.95 Å². The highest BCUT2D eigenvalue weighted by Gasteiger charge is 2.21. The third-order valence-corrected chi connectivity index (χ3v) is 4.77. The predicted octanol–water partition coefficient (Wildman–Crippen LogP) is 0.0672. The van der Waals surface area contributed by atoms with Gasteiger partial charge in [0.2, 0.25) is 17.8 Å². The lowest BCUT2D eigenvalue weighted by Gasteiger charge is -2.28. The first-order valence-corrected chi connectivity index (χ1v) is 9.72. The number of morpholine rings is 1. The van der Waals surface area contributed by atoms with E-state index in [0.717, 1.165) is 25.6 Å². The zero-order valence-electron chi connectivity index (χ0n) is 15.9. The highest BCUT2D eigenvalue weighted by Crippen LogP contribution is 2.24. The van der Waals surface area contributed by atoms with E-state index in [9.17, 15) is 9.59 Å². The van der Waals surface area contributed by atoms with Gasteiger partial charge in [-0.15, -0.1) is 10.2 Å². The largest absolute Gasteiger partial charge is 0.378 e. The summed E-state index contributed by atoms with van der Waals surface area (Å²) < 4.78 is 7.47. The summed E-state index contributed by atoms with van der Waals surface area (Å²) in [6.07, 6.45) is 0. The van der Waals surface area contributed by atoms with Crippen molar-refractivity contribution in [2.75, 3.05) is 57.6 Å². The molecule has 146 valence electrons. The van der Waals surface area contributed by atoms with Crippen molar-refractivity contribution in [1.82, 2.24) is 25.0 Å². The molecule has 0 unspecified atom stereocenters. The van der Waals surface area contributed by atoms with Crippen molar-refractivity contribution in [3.63, 3.8) is 0 Å². The number of carbonyl (C=O) groups is 2. The third-order valence-electron chi connectivity index (χ3n) is 3.81. The second-order valence-electron chi connectivity index (χ2n) is 6.74. The van der Waals surface area contributed by atoms with Crippen molar-refractivity contribution in [1.29, 1.82) is 0 Å². The third kappa shape index (κ3) is 5.87. The van der Waals surface area contributed by atoms with E-state index in [0.29, 0.717) is 24.3 Å². The summed E-state index contributed by atoms with van der Waals surface area (Å²) in [6, 6.07) is 0. The van der Waals surface area contributed by atoms with Crippen LogP contribution in [0, 0.1) is 5.92 Å². The Bertz CT molecular complexity index is 613. The molecule has 0 saturated carbocycles. The lowest BCUT2D eigenvalue weighted by molar-refractivity contribution is -0.130. The number of likely N-dealkylation sites (N-methyl/N-ethyl adjacent to an activating group) is 1. The quantitative estimate of drug-likeness (QED) is 0.634. The van der Waals surface area contributed by atoms with Crippen LogP contribution in [0.5, 0.6) is 0 Å². The van der Waals surface area contributed by atoms with Gasteiger partial charge in [0, 0.05) is 33.7 Å². The van der Waals surface area contributed by atoms with Gasteiger partial charge in [0.1, 0.15) is 0 Å². The van der Waals surface area contributed by atoms with Gasteiger partial charge >= 0.3 is 0 Å². The maximum absolute atomic E-state index is 12.0. The summed E-state index contributed by atoms with van der Waals surface area (Å²) in [6.45, 7) is 7.99. The Morgan fingerprint density at radius 1 is 1.27 bits per heavy atom. The Balaban J connectivity index is 1.98. The van der Waals surface area contributed by atoms with Gasteiger partial charge in [-0.05, 0) is 5.92 Å². The van der Waals surface area contributed by atoms with E-state index >= 15 is 0 Å². The number of nitrogens with zero attached hydrogens (tertiary/aromatic N) is 5. The predicted molar refractivity (Wildman–Crippen MR) is 100 cm³/mol. The Kier molecular flexibility index (Phi) is 7.70. The summed E-state index contributed by atoms with van der Waals surface area (Å²) in [4.78, 5) is 27.1. The number of thioether (sulfide) groups is 1. The number of amides is 2. The summed E-state index contributed by atoms with van der Waals surface area (Å²) in [7, 11) is 3.32. The van der Waals surface area contributed by atoms with E-state index < -0.39 is 0 Å². The Morgan fingerprint density at radius 3 is 2.58 bits per heavy atom. The molecule has 9 nitrogen and oxygen atoms in total. The van der Waals surface area contributed by atoms with E-state index in [2.05, 4.69) is 38.8 Å². The molecule has 0 radical (unpaired) electrons. The standard InChI is InChI=1S/C16H28N6O3S/c1-12(2)10-22-15(21-5-7-25-8-6-21)18-19-16(22)26-11-13(23)17-9-14(24)20(3)4/h12H,5-11H2,1-4H3,(H,17,23). The van der Waals surface area contributed by atoms with Crippen LogP contribution in [0.3, 0.4) is 0 Å². The van der Waals surface area contributed by atoms with E-state index in [1.54, 1.807) is 14.1 Å². The van der Waals surface area contributed by atoms with Crippen molar-refractivity contribution >= 4 is 29.5 Å². The Morgan fingerprint density at radius 2 is 1.96 bits per heavy atom. The molecule has 10 heteroatoms. The van der Waals surface area contributed by atoms with E-state index in [4.69, 9.17) is 4.74 Å². The fourth-order valence-corrected chi connectivity index (χ4v) is 3.20. The first-order chi connectivity index (χ1) is 12.4. The normalized spacial score (nSPS) is 14.6. The van der Waals surface area contributed by atoms with Gasteiger partial charge < -0.3 is 19.9 Å². The molecule has 1 aliphatic heterocycles. The minimum atomic E-state index is -0.197. The molecule has 2 heterocycles. The van der Waals surface area contributed by atoms with Crippen LogP contribution in [0.25, 0.3) is 0 Å². The molecule has 26 heavy (non-hydrogen) atoms. The average Bonchev–Trinajstić information content (AvgIpc) is 3.00. The topological polar surface area (TPSA) is 92.6 Å². The van der Waals surface area contributed by atoms with Crippen molar-refractivity contribution < 1.29 is 14.3 Å². The van der Waals surface area contributed by atoms with Gasteiger partial charge in [0.15, 0.2) is 5.16 Å². The van der Waals surface area contributed by atoms with Gasteiger partial charge in [0.05, 0.1) is 25.5 Å². The van der Waals surface area contributed by atoms with Crippen molar-refractivity contribution in [2.45, 2.75) is 25.5 Å². The zero-order valence-corrected chi connectivity index (χ0v) is 16.7. The first kappa shape index (κ1) is 20.5. The average molecular weight is 385 g/mol. The van der Waals surface area contributed by atoms with Crippen molar-refractivity contribution in [3.8, 4) is 0 Å². The number of anilines is 1. The highest BCUT2D eigenvalue weighted by atomic mass is 32.2. The van der Waals surface area contributed by atoms with E-state index in [1.807, 2.05) is 0 Å². The van der Waals surface area contributed by atoms with Gasteiger partial charge in [-0.1, -0.05) is 25.6 Å². The lowest BCUT2D eigenvalue weighted by Crippen LogP contribution is -2.38. The minimum Gasteiger partial charge on any atom is -0.378 e. The fourth-order valence-electron chi connectivity index (χ4n) is 2.42.